The van der Waals surface area contributed by atoms with Crippen LogP contribution < -0.4 is 14.5 Å². The molecule has 0 N–H and O–H groups in total. The van der Waals surface area contributed by atoms with Gasteiger partial charge in [0, 0.05) is 63.7 Å². The highest BCUT2D eigenvalue weighted by atomic mass is 32.2. The third-order valence-electron chi connectivity index (χ3n) is 7.86. The molecule has 11 heteroatoms. The maximum absolute atomic E-state index is 13.9. The van der Waals surface area contributed by atoms with Gasteiger partial charge in [0.05, 0.1) is 11.5 Å². The van der Waals surface area contributed by atoms with Crippen molar-refractivity contribution in [3.63, 3.8) is 0 Å². The van der Waals surface area contributed by atoms with Gasteiger partial charge in [-0.25, -0.2) is 16.8 Å². The molecule has 0 unspecified atom stereocenters. The Morgan fingerprint density at radius 3 is 1.56 bits per heavy atom. The van der Waals surface area contributed by atoms with Crippen LogP contribution in [-0.2, 0) is 20.0 Å². The number of hydrogen-bond donors (Lipinski definition) is 0. The smallest absolute Gasteiger partial charge is 0.246 e. The SMILES string of the molecule is CCOc1ccc(S(=O)(=O)N2CCN(c3ccccc3C)CC2)cc1S(=O)(=O)N1CCN(c2ccccc2C)CC1. The molecule has 2 saturated heterocycles. The number of anilines is 2. The molecule has 0 amide bonds. The highest BCUT2D eigenvalue weighted by Crippen LogP contribution is 2.33. The van der Waals surface area contributed by atoms with Gasteiger partial charge in [-0.2, -0.15) is 8.61 Å². The number of hydrogen-bond acceptors (Lipinski definition) is 7. The second-order valence-corrected chi connectivity index (χ2v) is 14.2. The molecule has 0 saturated carbocycles. The lowest BCUT2D eigenvalue weighted by Crippen LogP contribution is -2.49. The minimum absolute atomic E-state index is 0.0394. The molecular weight excluding hydrogens is 560 g/mol. The fourth-order valence-electron chi connectivity index (χ4n) is 5.59. The van der Waals surface area contributed by atoms with Crippen molar-refractivity contribution in [1.29, 1.82) is 0 Å². The Bertz CT molecular complexity index is 1590. The third kappa shape index (κ3) is 5.94. The van der Waals surface area contributed by atoms with E-state index in [9.17, 15) is 16.8 Å². The first kappa shape index (κ1) is 29.4. The van der Waals surface area contributed by atoms with E-state index in [-0.39, 0.29) is 22.1 Å². The van der Waals surface area contributed by atoms with Crippen LogP contribution in [0.2, 0.25) is 0 Å². The minimum atomic E-state index is -4.00. The van der Waals surface area contributed by atoms with Crippen molar-refractivity contribution >= 4 is 31.4 Å². The number of sulfonamides is 2. The number of piperazine rings is 2. The zero-order valence-electron chi connectivity index (χ0n) is 23.9. The number of rotatable bonds is 8. The average molecular weight is 599 g/mol. The van der Waals surface area contributed by atoms with Gasteiger partial charge in [0.25, 0.3) is 0 Å². The van der Waals surface area contributed by atoms with Crippen LogP contribution in [0.25, 0.3) is 0 Å². The van der Waals surface area contributed by atoms with Crippen LogP contribution in [0.1, 0.15) is 18.1 Å². The van der Waals surface area contributed by atoms with Crippen molar-refractivity contribution in [2.75, 3.05) is 68.8 Å². The van der Waals surface area contributed by atoms with E-state index in [2.05, 4.69) is 9.80 Å². The standard InChI is InChI=1S/C30H38N4O5S2/c1-4-39-29-14-13-26(40(35,36)33-19-15-31(16-20-33)27-11-7-5-9-24(27)2)23-30(29)41(37,38)34-21-17-32(18-22-34)28-12-8-6-10-25(28)3/h5-14,23H,4,15-22H2,1-3H3. The summed E-state index contributed by atoms with van der Waals surface area (Å²) in [5.41, 5.74) is 4.47. The molecule has 2 fully saturated rings. The third-order valence-corrected chi connectivity index (χ3v) is 11.7. The molecule has 2 heterocycles. The Morgan fingerprint density at radius 2 is 1.10 bits per heavy atom. The van der Waals surface area contributed by atoms with Gasteiger partial charge in [0.15, 0.2) is 0 Å². The van der Waals surface area contributed by atoms with Crippen molar-refractivity contribution in [1.82, 2.24) is 8.61 Å². The molecule has 2 aliphatic heterocycles. The van der Waals surface area contributed by atoms with E-state index in [1.807, 2.05) is 62.4 Å². The van der Waals surface area contributed by atoms with Gasteiger partial charge in [0.1, 0.15) is 10.6 Å². The van der Waals surface area contributed by atoms with Crippen molar-refractivity contribution in [2.24, 2.45) is 0 Å². The molecule has 41 heavy (non-hydrogen) atoms. The highest BCUT2D eigenvalue weighted by Gasteiger charge is 2.35. The van der Waals surface area contributed by atoms with Crippen molar-refractivity contribution in [3.8, 4) is 5.75 Å². The van der Waals surface area contributed by atoms with E-state index in [1.165, 1.54) is 26.8 Å². The average Bonchev–Trinajstić information content (AvgIpc) is 2.98. The molecule has 220 valence electrons. The summed E-state index contributed by atoms with van der Waals surface area (Å²) in [7, 11) is -7.92. The quantitative estimate of drug-likeness (QED) is 0.390. The number of nitrogens with zero attached hydrogens (tertiary/aromatic N) is 4. The largest absolute Gasteiger partial charge is 0.492 e. The Kier molecular flexibility index (Phi) is 8.60. The maximum Gasteiger partial charge on any atom is 0.246 e. The fourth-order valence-corrected chi connectivity index (χ4v) is 8.69. The molecule has 3 aromatic carbocycles. The van der Waals surface area contributed by atoms with Gasteiger partial charge in [0.2, 0.25) is 20.0 Å². The molecule has 3 aromatic rings. The Morgan fingerprint density at radius 1 is 0.634 bits per heavy atom. The fraction of sp³-hybridized carbons (Fsp3) is 0.400. The predicted molar refractivity (Wildman–Crippen MR) is 162 cm³/mol. The molecule has 0 bridgehead atoms. The van der Waals surface area contributed by atoms with Gasteiger partial charge in [-0.15, -0.1) is 0 Å². The zero-order valence-corrected chi connectivity index (χ0v) is 25.5. The van der Waals surface area contributed by atoms with Crippen molar-refractivity contribution < 1.29 is 21.6 Å². The zero-order chi connectivity index (χ0) is 29.2. The molecule has 0 aromatic heterocycles. The molecule has 0 radical (unpaired) electrons. The summed E-state index contributed by atoms with van der Waals surface area (Å²) < 4.78 is 63.7. The number of benzene rings is 3. The van der Waals surface area contributed by atoms with Crippen molar-refractivity contribution in [2.45, 2.75) is 30.6 Å². The predicted octanol–water partition coefficient (Wildman–Crippen LogP) is 3.72. The first-order valence-corrected chi connectivity index (χ1v) is 16.9. The molecule has 5 rings (SSSR count). The van der Waals surface area contributed by atoms with Crippen LogP contribution in [0.5, 0.6) is 5.75 Å². The van der Waals surface area contributed by atoms with E-state index in [4.69, 9.17) is 4.74 Å². The summed E-state index contributed by atoms with van der Waals surface area (Å²) in [5.74, 6) is 0.164. The Labute approximate surface area is 244 Å². The van der Waals surface area contributed by atoms with Crippen LogP contribution in [0.15, 0.2) is 76.5 Å². The normalized spacial score (nSPS) is 17.5. The highest BCUT2D eigenvalue weighted by molar-refractivity contribution is 7.90. The lowest BCUT2D eigenvalue weighted by atomic mass is 10.1. The first-order valence-electron chi connectivity index (χ1n) is 14.0. The summed E-state index contributed by atoms with van der Waals surface area (Å²) in [6.07, 6.45) is 0. The van der Waals surface area contributed by atoms with Gasteiger partial charge in [-0.1, -0.05) is 36.4 Å². The Hall–Kier alpha value is -3.12. The summed E-state index contributed by atoms with van der Waals surface area (Å²) in [6.45, 7) is 9.51. The van der Waals surface area contributed by atoms with Gasteiger partial charge in [-0.3, -0.25) is 0 Å². The van der Waals surface area contributed by atoms with Crippen LogP contribution in [-0.4, -0.2) is 84.4 Å². The van der Waals surface area contributed by atoms with Gasteiger partial charge in [-0.05, 0) is 62.2 Å². The molecule has 9 nitrogen and oxygen atoms in total. The van der Waals surface area contributed by atoms with Crippen LogP contribution in [0.3, 0.4) is 0 Å². The van der Waals surface area contributed by atoms with E-state index >= 15 is 0 Å². The van der Waals surface area contributed by atoms with E-state index in [0.29, 0.717) is 52.4 Å². The minimum Gasteiger partial charge on any atom is -0.492 e. The second kappa shape index (κ2) is 12.0. The Balaban J connectivity index is 1.36. The lowest BCUT2D eigenvalue weighted by molar-refractivity contribution is 0.327. The second-order valence-electron chi connectivity index (χ2n) is 10.4. The molecular formula is C30H38N4O5S2. The molecule has 0 atom stereocenters. The van der Waals surface area contributed by atoms with Crippen LogP contribution in [0.4, 0.5) is 11.4 Å². The lowest BCUT2D eigenvalue weighted by Gasteiger charge is -2.37. The summed E-state index contributed by atoms with van der Waals surface area (Å²) in [4.78, 5) is 4.22. The molecule has 0 aliphatic carbocycles. The van der Waals surface area contributed by atoms with E-state index in [0.717, 1.165) is 22.5 Å². The monoisotopic (exact) mass is 598 g/mol. The number of para-hydroxylation sites is 2. The number of ether oxygens (including phenoxy) is 1. The van der Waals surface area contributed by atoms with Crippen molar-refractivity contribution in [3.05, 3.63) is 77.9 Å². The summed E-state index contributed by atoms with van der Waals surface area (Å²) in [6, 6.07) is 20.3. The topological polar surface area (TPSA) is 90.5 Å². The molecule has 0 spiro atoms. The van der Waals surface area contributed by atoms with E-state index < -0.39 is 20.0 Å². The number of aryl methyl sites for hydroxylation is 2. The maximum atomic E-state index is 13.9. The summed E-state index contributed by atoms with van der Waals surface area (Å²) >= 11 is 0. The van der Waals surface area contributed by atoms with Gasteiger partial charge < -0.3 is 14.5 Å². The molecule has 2 aliphatic rings. The van der Waals surface area contributed by atoms with Crippen LogP contribution >= 0.6 is 0 Å². The van der Waals surface area contributed by atoms with Gasteiger partial charge >= 0.3 is 0 Å². The van der Waals surface area contributed by atoms with E-state index in [1.54, 1.807) is 6.92 Å². The van der Waals surface area contributed by atoms with Crippen LogP contribution in [0, 0.1) is 13.8 Å². The summed E-state index contributed by atoms with van der Waals surface area (Å²) in [5, 5.41) is 0. The first-order chi connectivity index (χ1) is 19.6.